The lowest BCUT2D eigenvalue weighted by Crippen LogP contribution is -2.41. The molecule has 0 aliphatic rings. The monoisotopic (exact) mass is 230 g/mol. The summed E-state index contributed by atoms with van der Waals surface area (Å²) in [5, 5.41) is 2.78. The third-order valence-electron chi connectivity index (χ3n) is 2.20. The number of unbranched alkanes of at least 4 members (excludes halogenated alkanes) is 1. The molecule has 0 saturated carbocycles. The number of amides is 1. The molecule has 4 heteroatoms. The third kappa shape index (κ3) is 8.68. The minimum Gasteiger partial charge on any atom is -0.379 e. The molecule has 0 rings (SSSR count). The molecule has 0 aromatic rings. The van der Waals surface area contributed by atoms with E-state index < -0.39 is 0 Å². The Morgan fingerprint density at radius 1 is 1.44 bits per heavy atom. The van der Waals surface area contributed by atoms with Gasteiger partial charge in [0, 0.05) is 13.2 Å². The number of nitrogens with two attached hydrogens (primary N) is 1. The van der Waals surface area contributed by atoms with Gasteiger partial charge in [-0.25, -0.2) is 0 Å². The van der Waals surface area contributed by atoms with Crippen molar-refractivity contribution in [3.63, 3.8) is 0 Å². The fourth-order valence-corrected chi connectivity index (χ4v) is 1.25. The summed E-state index contributed by atoms with van der Waals surface area (Å²) in [6.07, 6.45) is 2.83. The van der Waals surface area contributed by atoms with E-state index in [1.165, 1.54) is 0 Å². The third-order valence-corrected chi connectivity index (χ3v) is 2.20. The summed E-state index contributed by atoms with van der Waals surface area (Å²) in [6, 6.07) is -0.370. The fourth-order valence-electron chi connectivity index (χ4n) is 1.25. The molecule has 0 saturated heterocycles. The molecule has 16 heavy (non-hydrogen) atoms. The smallest absolute Gasteiger partial charge is 0.236 e. The van der Waals surface area contributed by atoms with Gasteiger partial charge in [-0.1, -0.05) is 33.6 Å². The van der Waals surface area contributed by atoms with Crippen molar-refractivity contribution >= 4 is 5.91 Å². The maximum absolute atomic E-state index is 11.5. The maximum Gasteiger partial charge on any atom is 0.236 e. The molecule has 4 nitrogen and oxygen atoms in total. The van der Waals surface area contributed by atoms with Gasteiger partial charge in [0.1, 0.15) is 0 Å². The zero-order chi connectivity index (χ0) is 12.4. The average molecular weight is 230 g/mol. The van der Waals surface area contributed by atoms with Crippen molar-refractivity contribution in [1.29, 1.82) is 0 Å². The number of ether oxygens (including phenoxy) is 1. The molecule has 0 bridgehead atoms. The SMILES string of the molecule is CCCCC(N)C(=O)NCCOCC(C)C. The van der Waals surface area contributed by atoms with E-state index in [9.17, 15) is 4.79 Å². The quantitative estimate of drug-likeness (QED) is 0.587. The van der Waals surface area contributed by atoms with Crippen LogP contribution in [0.1, 0.15) is 40.0 Å². The molecule has 1 unspecified atom stereocenters. The van der Waals surface area contributed by atoms with Crippen LogP contribution in [0.5, 0.6) is 0 Å². The Labute approximate surface area is 98.9 Å². The van der Waals surface area contributed by atoms with Gasteiger partial charge in [0.25, 0.3) is 0 Å². The van der Waals surface area contributed by atoms with E-state index in [-0.39, 0.29) is 11.9 Å². The molecule has 1 amide bonds. The number of nitrogens with one attached hydrogen (secondary N) is 1. The van der Waals surface area contributed by atoms with Crippen molar-refractivity contribution in [2.75, 3.05) is 19.8 Å². The summed E-state index contributed by atoms with van der Waals surface area (Å²) in [7, 11) is 0. The molecule has 0 aliphatic heterocycles. The predicted molar refractivity (Wildman–Crippen MR) is 66.2 cm³/mol. The van der Waals surface area contributed by atoms with Crippen LogP contribution >= 0.6 is 0 Å². The number of carbonyl (C=O) groups is 1. The predicted octanol–water partition coefficient (Wildman–Crippen LogP) is 1.29. The van der Waals surface area contributed by atoms with Crippen molar-refractivity contribution < 1.29 is 9.53 Å². The van der Waals surface area contributed by atoms with Gasteiger partial charge < -0.3 is 15.8 Å². The second-order valence-corrected chi connectivity index (χ2v) is 4.51. The van der Waals surface area contributed by atoms with Crippen LogP contribution in [0, 0.1) is 5.92 Å². The molecule has 96 valence electrons. The van der Waals surface area contributed by atoms with Gasteiger partial charge in [-0.05, 0) is 12.3 Å². The number of carbonyl (C=O) groups excluding carboxylic acids is 1. The van der Waals surface area contributed by atoms with Gasteiger partial charge in [-0.15, -0.1) is 0 Å². The summed E-state index contributed by atoms with van der Waals surface area (Å²) in [5.41, 5.74) is 5.71. The zero-order valence-electron chi connectivity index (χ0n) is 10.8. The van der Waals surface area contributed by atoms with E-state index in [1.807, 2.05) is 0 Å². The number of rotatable bonds is 9. The van der Waals surface area contributed by atoms with Crippen molar-refractivity contribution in [2.45, 2.75) is 46.1 Å². The minimum absolute atomic E-state index is 0.0680. The topological polar surface area (TPSA) is 64.4 Å². The zero-order valence-corrected chi connectivity index (χ0v) is 10.8. The van der Waals surface area contributed by atoms with Gasteiger partial charge in [0.15, 0.2) is 0 Å². The van der Waals surface area contributed by atoms with E-state index >= 15 is 0 Å². The highest BCUT2D eigenvalue weighted by Crippen LogP contribution is 1.97. The van der Waals surface area contributed by atoms with Crippen LogP contribution in [0.3, 0.4) is 0 Å². The number of hydrogen-bond donors (Lipinski definition) is 2. The summed E-state index contributed by atoms with van der Waals surface area (Å²) in [6.45, 7) is 8.12. The Morgan fingerprint density at radius 2 is 2.12 bits per heavy atom. The van der Waals surface area contributed by atoms with Crippen molar-refractivity contribution in [2.24, 2.45) is 11.7 Å². The van der Waals surface area contributed by atoms with Crippen molar-refractivity contribution in [1.82, 2.24) is 5.32 Å². The molecule has 0 aromatic carbocycles. The molecule has 0 aromatic heterocycles. The largest absolute Gasteiger partial charge is 0.379 e. The maximum atomic E-state index is 11.5. The van der Waals surface area contributed by atoms with Crippen molar-refractivity contribution in [3.05, 3.63) is 0 Å². The summed E-state index contributed by atoms with van der Waals surface area (Å²) >= 11 is 0. The Hall–Kier alpha value is -0.610. The first kappa shape index (κ1) is 15.4. The molecule has 0 spiro atoms. The average Bonchev–Trinajstić information content (AvgIpc) is 2.24. The molecular formula is C12H26N2O2. The molecule has 0 aliphatic carbocycles. The van der Waals surface area contributed by atoms with Crippen LogP contribution < -0.4 is 11.1 Å². The van der Waals surface area contributed by atoms with Crippen molar-refractivity contribution in [3.8, 4) is 0 Å². The Kier molecular flexibility index (Phi) is 9.24. The van der Waals surface area contributed by atoms with Crippen LogP contribution in [0.4, 0.5) is 0 Å². The summed E-state index contributed by atoms with van der Waals surface area (Å²) in [4.78, 5) is 11.5. The first-order chi connectivity index (χ1) is 7.57. The highest BCUT2D eigenvalue weighted by Gasteiger charge is 2.11. The van der Waals surface area contributed by atoms with Crippen LogP contribution in [0.15, 0.2) is 0 Å². The van der Waals surface area contributed by atoms with Gasteiger partial charge in [-0.2, -0.15) is 0 Å². The lowest BCUT2D eigenvalue weighted by atomic mass is 10.1. The van der Waals surface area contributed by atoms with Crippen LogP contribution in [-0.4, -0.2) is 31.7 Å². The van der Waals surface area contributed by atoms with Gasteiger partial charge in [0.05, 0.1) is 12.6 Å². The number of hydrogen-bond acceptors (Lipinski definition) is 3. The normalized spacial score (nSPS) is 12.8. The van der Waals surface area contributed by atoms with E-state index in [0.717, 1.165) is 25.9 Å². The Balaban J connectivity index is 3.42. The van der Waals surface area contributed by atoms with Gasteiger partial charge >= 0.3 is 0 Å². The first-order valence-electron chi connectivity index (χ1n) is 6.19. The van der Waals surface area contributed by atoms with Gasteiger partial charge in [0.2, 0.25) is 5.91 Å². The van der Waals surface area contributed by atoms with E-state index in [2.05, 4.69) is 26.1 Å². The van der Waals surface area contributed by atoms with E-state index in [1.54, 1.807) is 0 Å². The summed E-state index contributed by atoms with van der Waals surface area (Å²) in [5.74, 6) is 0.462. The molecule has 0 heterocycles. The second kappa shape index (κ2) is 9.60. The Bertz CT molecular complexity index is 184. The molecule has 3 N–H and O–H groups in total. The first-order valence-corrected chi connectivity index (χ1v) is 6.19. The lowest BCUT2D eigenvalue weighted by molar-refractivity contribution is -0.122. The minimum atomic E-state index is -0.370. The molecule has 0 fully saturated rings. The van der Waals surface area contributed by atoms with Crippen LogP contribution in [0.2, 0.25) is 0 Å². The summed E-state index contributed by atoms with van der Waals surface area (Å²) < 4.78 is 5.35. The van der Waals surface area contributed by atoms with Gasteiger partial charge in [-0.3, -0.25) is 4.79 Å². The second-order valence-electron chi connectivity index (χ2n) is 4.51. The fraction of sp³-hybridized carbons (Fsp3) is 0.917. The highest BCUT2D eigenvalue weighted by atomic mass is 16.5. The van der Waals surface area contributed by atoms with Crippen LogP contribution in [-0.2, 0) is 9.53 Å². The molecule has 1 atom stereocenters. The standard InChI is InChI=1S/C12H26N2O2/c1-4-5-6-11(13)12(15)14-7-8-16-9-10(2)3/h10-11H,4-9,13H2,1-3H3,(H,14,15). The molecular weight excluding hydrogens is 204 g/mol. The Morgan fingerprint density at radius 3 is 2.69 bits per heavy atom. The highest BCUT2D eigenvalue weighted by molar-refractivity contribution is 5.81. The lowest BCUT2D eigenvalue weighted by Gasteiger charge is -2.12. The molecule has 0 radical (unpaired) electrons. The van der Waals surface area contributed by atoms with E-state index in [0.29, 0.717) is 19.1 Å². The van der Waals surface area contributed by atoms with Crippen LogP contribution in [0.25, 0.3) is 0 Å². The van der Waals surface area contributed by atoms with E-state index in [4.69, 9.17) is 10.5 Å².